The fourth-order valence-corrected chi connectivity index (χ4v) is 2.03. The van der Waals surface area contributed by atoms with Crippen LogP contribution in [-0.2, 0) is 0 Å². The molecule has 3 aromatic rings. The van der Waals surface area contributed by atoms with Gasteiger partial charge >= 0.3 is 5.97 Å². The first-order chi connectivity index (χ1) is 9.66. The molecule has 6 nitrogen and oxygen atoms in total. The number of carbonyl (C=O) groups is 1. The average molecular weight is 267 g/mol. The Bertz CT molecular complexity index is 856. The number of rotatable bonds is 2. The molecule has 0 atom stereocenters. The van der Waals surface area contributed by atoms with Gasteiger partial charge in [0.25, 0.3) is 5.56 Å². The Morgan fingerprint density at radius 2 is 1.90 bits per heavy atom. The number of pyridine rings is 3. The van der Waals surface area contributed by atoms with Gasteiger partial charge in [-0.15, -0.1) is 0 Å². The summed E-state index contributed by atoms with van der Waals surface area (Å²) in [4.78, 5) is 33.5. The van der Waals surface area contributed by atoms with Crippen LogP contribution in [0.25, 0.3) is 22.2 Å². The maximum Gasteiger partial charge on any atom is 0.341 e. The number of nitrogens with zero attached hydrogens (tertiary/aromatic N) is 2. The van der Waals surface area contributed by atoms with Gasteiger partial charge in [0, 0.05) is 29.5 Å². The molecular formula is C14H9N3O3. The second kappa shape index (κ2) is 4.58. The van der Waals surface area contributed by atoms with Gasteiger partial charge in [0.05, 0.1) is 11.2 Å². The van der Waals surface area contributed by atoms with E-state index in [1.807, 2.05) is 0 Å². The largest absolute Gasteiger partial charge is 0.477 e. The second-order valence-corrected chi connectivity index (χ2v) is 4.17. The number of aromatic amines is 1. The summed E-state index contributed by atoms with van der Waals surface area (Å²) in [6, 6.07) is 6.52. The number of nitrogens with one attached hydrogen (secondary N) is 1. The normalized spacial score (nSPS) is 10.6. The highest BCUT2D eigenvalue weighted by atomic mass is 16.4. The molecule has 0 unspecified atom stereocenters. The Kier molecular flexibility index (Phi) is 2.76. The number of hydrogen-bond donors (Lipinski definition) is 2. The van der Waals surface area contributed by atoms with Crippen LogP contribution < -0.4 is 5.56 Å². The molecule has 0 radical (unpaired) electrons. The maximum atomic E-state index is 11.7. The van der Waals surface area contributed by atoms with E-state index in [0.717, 1.165) is 5.56 Å². The van der Waals surface area contributed by atoms with Crippen LogP contribution in [0.4, 0.5) is 0 Å². The van der Waals surface area contributed by atoms with Crippen molar-refractivity contribution in [3.8, 4) is 11.3 Å². The van der Waals surface area contributed by atoms with Crippen LogP contribution >= 0.6 is 0 Å². The molecule has 20 heavy (non-hydrogen) atoms. The van der Waals surface area contributed by atoms with Crippen LogP contribution in [0.2, 0.25) is 0 Å². The fraction of sp³-hybridized carbons (Fsp3) is 0. The van der Waals surface area contributed by atoms with Gasteiger partial charge in [-0.3, -0.25) is 14.8 Å². The predicted molar refractivity (Wildman–Crippen MR) is 72.6 cm³/mol. The van der Waals surface area contributed by atoms with Gasteiger partial charge in [0.1, 0.15) is 5.56 Å². The number of hydrogen-bond acceptors (Lipinski definition) is 4. The summed E-state index contributed by atoms with van der Waals surface area (Å²) in [5.41, 5.74) is 1.01. The van der Waals surface area contributed by atoms with Crippen molar-refractivity contribution in [1.82, 2.24) is 15.0 Å². The standard InChI is InChI=1S/C14H9N3O3/c18-13-10(14(19)20)7-9-11(17-13)3-6-16-12(9)8-1-4-15-5-2-8/h1-7H,(H,17,18)(H,19,20). The van der Waals surface area contributed by atoms with E-state index >= 15 is 0 Å². The monoisotopic (exact) mass is 267 g/mol. The fourth-order valence-electron chi connectivity index (χ4n) is 2.03. The number of H-pyrrole nitrogens is 1. The summed E-state index contributed by atoms with van der Waals surface area (Å²) < 4.78 is 0. The lowest BCUT2D eigenvalue weighted by Gasteiger charge is -2.06. The van der Waals surface area contributed by atoms with Gasteiger partial charge < -0.3 is 10.1 Å². The van der Waals surface area contributed by atoms with E-state index in [9.17, 15) is 9.59 Å². The van der Waals surface area contributed by atoms with Crippen LogP contribution in [0.3, 0.4) is 0 Å². The number of carboxylic acids is 1. The van der Waals surface area contributed by atoms with Gasteiger partial charge in [-0.2, -0.15) is 0 Å². The Balaban J connectivity index is 2.37. The molecule has 2 N–H and O–H groups in total. The zero-order chi connectivity index (χ0) is 14.1. The van der Waals surface area contributed by atoms with E-state index in [0.29, 0.717) is 16.6 Å². The molecule has 0 fully saturated rings. The van der Waals surface area contributed by atoms with Crippen molar-refractivity contribution in [1.29, 1.82) is 0 Å². The topological polar surface area (TPSA) is 95.9 Å². The van der Waals surface area contributed by atoms with Crippen molar-refractivity contribution >= 4 is 16.9 Å². The van der Waals surface area contributed by atoms with Crippen LogP contribution in [0.1, 0.15) is 10.4 Å². The van der Waals surface area contributed by atoms with Crippen molar-refractivity contribution < 1.29 is 9.90 Å². The van der Waals surface area contributed by atoms with Crippen LogP contribution in [-0.4, -0.2) is 26.0 Å². The van der Waals surface area contributed by atoms with E-state index in [-0.39, 0.29) is 5.56 Å². The second-order valence-electron chi connectivity index (χ2n) is 4.17. The van der Waals surface area contributed by atoms with Crippen molar-refractivity contribution in [2.24, 2.45) is 0 Å². The molecule has 3 aromatic heterocycles. The van der Waals surface area contributed by atoms with E-state index in [4.69, 9.17) is 5.11 Å². The van der Waals surface area contributed by atoms with Gasteiger partial charge in [-0.25, -0.2) is 4.79 Å². The summed E-state index contributed by atoms with van der Waals surface area (Å²) in [7, 11) is 0. The molecule has 0 saturated carbocycles. The van der Waals surface area contributed by atoms with Crippen LogP contribution in [0, 0.1) is 0 Å². The zero-order valence-electron chi connectivity index (χ0n) is 10.2. The minimum atomic E-state index is -1.27. The summed E-state index contributed by atoms with van der Waals surface area (Å²) in [6.07, 6.45) is 4.81. The molecule has 3 heterocycles. The molecule has 0 bridgehead atoms. The van der Waals surface area contributed by atoms with Crippen molar-refractivity contribution in [2.45, 2.75) is 0 Å². The molecule has 0 amide bonds. The van der Waals surface area contributed by atoms with Crippen molar-refractivity contribution in [2.75, 3.05) is 0 Å². The highest BCUT2D eigenvalue weighted by Gasteiger charge is 2.13. The highest BCUT2D eigenvalue weighted by molar-refractivity contribution is 5.97. The molecule has 3 rings (SSSR count). The third kappa shape index (κ3) is 1.93. The molecule has 0 aliphatic rings. The number of aromatic nitrogens is 3. The summed E-state index contributed by atoms with van der Waals surface area (Å²) >= 11 is 0. The average Bonchev–Trinajstić information content (AvgIpc) is 2.46. The third-order valence-electron chi connectivity index (χ3n) is 2.96. The van der Waals surface area contributed by atoms with Crippen LogP contribution in [0.15, 0.2) is 47.7 Å². The maximum absolute atomic E-state index is 11.7. The van der Waals surface area contributed by atoms with E-state index < -0.39 is 11.5 Å². The summed E-state index contributed by atoms with van der Waals surface area (Å²) in [5, 5.41) is 9.62. The van der Waals surface area contributed by atoms with E-state index in [1.54, 1.807) is 36.8 Å². The molecule has 0 spiro atoms. The molecule has 0 aromatic carbocycles. The number of fused-ring (bicyclic) bond motifs is 1. The lowest BCUT2D eigenvalue weighted by Crippen LogP contribution is -2.17. The minimum absolute atomic E-state index is 0.305. The molecule has 0 aliphatic heterocycles. The Morgan fingerprint density at radius 1 is 1.15 bits per heavy atom. The summed E-state index contributed by atoms with van der Waals surface area (Å²) in [5.74, 6) is -1.27. The lowest BCUT2D eigenvalue weighted by atomic mass is 10.1. The first kappa shape index (κ1) is 12.0. The first-order valence-electron chi connectivity index (χ1n) is 5.82. The predicted octanol–water partition coefficient (Wildman–Crippen LogP) is 1.68. The van der Waals surface area contributed by atoms with E-state index in [1.165, 1.54) is 6.07 Å². The van der Waals surface area contributed by atoms with Gasteiger partial charge in [-0.05, 0) is 24.3 Å². The third-order valence-corrected chi connectivity index (χ3v) is 2.96. The van der Waals surface area contributed by atoms with Crippen molar-refractivity contribution in [3.63, 3.8) is 0 Å². The van der Waals surface area contributed by atoms with Crippen LogP contribution in [0.5, 0.6) is 0 Å². The lowest BCUT2D eigenvalue weighted by molar-refractivity contribution is 0.0695. The zero-order valence-corrected chi connectivity index (χ0v) is 10.2. The Hall–Kier alpha value is -3.02. The van der Waals surface area contributed by atoms with Gasteiger partial charge in [0.15, 0.2) is 0 Å². The van der Waals surface area contributed by atoms with Crippen molar-refractivity contribution in [3.05, 3.63) is 58.8 Å². The first-order valence-corrected chi connectivity index (χ1v) is 5.82. The number of carboxylic acid groups (broad SMARTS) is 1. The highest BCUT2D eigenvalue weighted by Crippen LogP contribution is 2.24. The molecule has 0 saturated heterocycles. The smallest absolute Gasteiger partial charge is 0.341 e. The number of aromatic carboxylic acids is 1. The summed E-state index contributed by atoms with van der Waals surface area (Å²) in [6.45, 7) is 0. The van der Waals surface area contributed by atoms with E-state index in [2.05, 4.69) is 15.0 Å². The molecule has 98 valence electrons. The van der Waals surface area contributed by atoms with Gasteiger partial charge in [-0.1, -0.05) is 0 Å². The quantitative estimate of drug-likeness (QED) is 0.736. The molecule has 6 heteroatoms. The minimum Gasteiger partial charge on any atom is -0.477 e. The van der Waals surface area contributed by atoms with Gasteiger partial charge in [0.2, 0.25) is 0 Å². The Labute approximate surface area is 112 Å². The molecule has 0 aliphatic carbocycles. The Morgan fingerprint density at radius 3 is 2.60 bits per heavy atom. The molecular weight excluding hydrogens is 258 g/mol. The SMILES string of the molecule is O=C(O)c1cc2c(-c3ccncc3)nccc2[nH]c1=O.